The Morgan fingerprint density at radius 1 is 1.05 bits per heavy atom. The van der Waals surface area contributed by atoms with Gasteiger partial charge in [-0.3, -0.25) is 10.2 Å². The van der Waals surface area contributed by atoms with E-state index < -0.39 is 21.7 Å². The molecule has 2 aromatic carbocycles. The van der Waals surface area contributed by atoms with Crippen molar-refractivity contribution in [3.8, 4) is 0 Å². The van der Waals surface area contributed by atoms with Gasteiger partial charge < -0.3 is 0 Å². The zero-order valence-electron chi connectivity index (χ0n) is 10.5. The molecule has 0 spiro atoms. The molecule has 0 fully saturated rings. The van der Waals surface area contributed by atoms with Crippen molar-refractivity contribution in [2.75, 3.05) is 0 Å². The van der Waals surface area contributed by atoms with Crippen LogP contribution in [0.15, 0.2) is 53.4 Å². The van der Waals surface area contributed by atoms with Crippen molar-refractivity contribution in [3.05, 3.63) is 64.9 Å². The van der Waals surface area contributed by atoms with Gasteiger partial charge in [-0.2, -0.15) is 0 Å². The third kappa shape index (κ3) is 3.78. The standard InChI is InChI=1S/C13H10ClFN2O3S/c14-11-3-1-2-4-12(11)21(19,20)17-16-13(18)9-5-7-10(15)8-6-9/h1-8,17H,(H,16,18). The molecule has 0 bridgehead atoms. The molecular weight excluding hydrogens is 319 g/mol. The normalized spacial score (nSPS) is 11.1. The monoisotopic (exact) mass is 328 g/mol. The minimum Gasteiger partial charge on any atom is -0.273 e. The Balaban J connectivity index is 2.10. The molecule has 1 amide bonds. The van der Waals surface area contributed by atoms with Crippen LogP contribution in [-0.2, 0) is 10.0 Å². The van der Waals surface area contributed by atoms with Gasteiger partial charge in [-0.15, -0.1) is 4.83 Å². The van der Waals surface area contributed by atoms with Crippen LogP contribution in [0.4, 0.5) is 4.39 Å². The van der Waals surface area contributed by atoms with Crippen LogP contribution in [0, 0.1) is 5.82 Å². The van der Waals surface area contributed by atoms with Crippen molar-refractivity contribution in [1.29, 1.82) is 0 Å². The fourth-order valence-electron chi connectivity index (χ4n) is 1.50. The number of carbonyl (C=O) groups excluding carboxylic acids is 1. The van der Waals surface area contributed by atoms with Gasteiger partial charge in [0.15, 0.2) is 0 Å². The Labute approximate surface area is 125 Å². The molecule has 5 nitrogen and oxygen atoms in total. The molecule has 21 heavy (non-hydrogen) atoms. The predicted molar refractivity (Wildman–Crippen MR) is 75.6 cm³/mol. The van der Waals surface area contributed by atoms with Crippen molar-refractivity contribution >= 4 is 27.5 Å². The summed E-state index contributed by atoms with van der Waals surface area (Å²) in [7, 11) is -3.99. The maximum Gasteiger partial charge on any atom is 0.266 e. The lowest BCUT2D eigenvalue weighted by Crippen LogP contribution is -2.41. The number of benzene rings is 2. The summed E-state index contributed by atoms with van der Waals surface area (Å²) in [5.74, 6) is -1.21. The number of hydrogen-bond acceptors (Lipinski definition) is 3. The summed E-state index contributed by atoms with van der Waals surface area (Å²) in [5.41, 5.74) is 2.14. The number of rotatable bonds is 4. The number of amides is 1. The maximum absolute atomic E-state index is 12.7. The molecule has 2 rings (SSSR count). The number of carbonyl (C=O) groups is 1. The van der Waals surface area contributed by atoms with E-state index >= 15 is 0 Å². The summed E-state index contributed by atoms with van der Waals surface area (Å²) in [6.07, 6.45) is 0. The lowest BCUT2D eigenvalue weighted by atomic mass is 10.2. The summed E-state index contributed by atoms with van der Waals surface area (Å²) >= 11 is 5.78. The second-order valence-corrected chi connectivity index (χ2v) is 6.05. The van der Waals surface area contributed by atoms with Gasteiger partial charge in [-0.1, -0.05) is 23.7 Å². The van der Waals surface area contributed by atoms with E-state index in [0.717, 1.165) is 12.1 Å². The van der Waals surface area contributed by atoms with Crippen LogP contribution < -0.4 is 10.3 Å². The summed E-state index contributed by atoms with van der Waals surface area (Å²) < 4.78 is 36.7. The first-order valence-corrected chi connectivity index (χ1v) is 7.58. The highest BCUT2D eigenvalue weighted by molar-refractivity contribution is 7.89. The van der Waals surface area contributed by atoms with Gasteiger partial charge in [0.25, 0.3) is 15.9 Å². The third-order valence-electron chi connectivity index (χ3n) is 2.53. The first kappa shape index (κ1) is 15.4. The van der Waals surface area contributed by atoms with Crippen LogP contribution in [0.25, 0.3) is 0 Å². The minimum atomic E-state index is -3.99. The van der Waals surface area contributed by atoms with E-state index in [-0.39, 0.29) is 15.5 Å². The van der Waals surface area contributed by atoms with Crippen molar-refractivity contribution in [2.45, 2.75) is 4.90 Å². The molecule has 0 aromatic heterocycles. The molecule has 0 radical (unpaired) electrons. The molecule has 2 aromatic rings. The minimum absolute atomic E-state index is 0.0287. The number of halogens is 2. The average Bonchev–Trinajstić information content (AvgIpc) is 2.46. The van der Waals surface area contributed by atoms with Gasteiger partial charge in [0.05, 0.1) is 5.02 Å². The second-order valence-electron chi connectivity index (χ2n) is 4.00. The van der Waals surface area contributed by atoms with E-state index in [0.29, 0.717) is 0 Å². The van der Waals surface area contributed by atoms with Crippen molar-refractivity contribution in [2.24, 2.45) is 0 Å². The summed E-state index contributed by atoms with van der Waals surface area (Å²) in [4.78, 5) is 13.5. The Bertz CT molecular complexity index is 763. The van der Waals surface area contributed by atoms with Crippen LogP contribution in [-0.4, -0.2) is 14.3 Å². The lowest BCUT2D eigenvalue weighted by molar-refractivity contribution is 0.0945. The molecule has 0 aliphatic carbocycles. The van der Waals surface area contributed by atoms with Gasteiger partial charge in [-0.05, 0) is 36.4 Å². The van der Waals surface area contributed by atoms with Crippen LogP contribution in [0.5, 0.6) is 0 Å². The van der Waals surface area contributed by atoms with E-state index in [1.807, 2.05) is 10.3 Å². The van der Waals surface area contributed by atoms with Crippen LogP contribution in [0.3, 0.4) is 0 Å². The Kier molecular flexibility index (Phi) is 4.56. The summed E-state index contributed by atoms with van der Waals surface area (Å²) in [6.45, 7) is 0. The predicted octanol–water partition coefficient (Wildman–Crippen LogP) is 2.10. The zero-order valence-corrected chi connectivity index (χ0v) is 12.1. The van der Waals surface area contributed by atoms with E-state index in [1.54, 1.807) is 6.07 Å². The fraction of sp³-hybridized carbons (Fsp3) is 0. The smallest absolute Gasteiger partial charge is 0.266 e. The van der Waals surface area contributed by atoms with E-state index in [9.17, 15) is 17.6 Å². The van der Waals surface area contributed by atoms with Gasteiger partial charge in [-0.25, -0.2) is 12.8 Å². The molecule has 0 unspecified atom stereocenters. The Hall–Kier alpha value is -1.96. The average molecular weight is 329 g/mol. The van der Waals surface area contributed by atoms with Crippen LogP contribution >= 0.6 is 11.6 Å². The molecule has 0 saturated heterocycles. The van der Waals surface area contributed by atoms with Crippen molar-refractivity contribution in [3.63, 3.8) is 0 Å². The highest BCUT2D eigenvalue weighted by Gasteiger charge is 2.18. The van der Waals surface area contributed by atoms with E-state index in [4.69, 9.17) is 11.6 Å². The number of sulfonamides is 1. The topological polar surface area (TPSA) is 75.3 Å². The quantitative estimate of drug-likeness (QED) is 0.844. The Morgan fingerprint density at radius 3 is 2.29 bits per heavy atom. The van der Waals surface area contributed by atoms with Gasteiger partial charge in [0, 0.05) is 5.56 Å². The molecule has 0 aliphatic rings. The Morgan fingerprint density at radius 2 is 1.67 bits per heavy atom. The number of hydrazine groups is 1. The number of nitrogens with one attached hydrogen (secondary N) is 2. The highest BCUT2D eigenvalue weighted by Crippen LogP contribution is 2.19. The highest BCUT2D eigenvalue weighted by atomic mass is 35.5. The molecular formula is C13H10ClFN2O3S. The second kappa shape index (κ2) is 6.21. The largest absolute Gasteiger partial charge is 0.273 e. The van der Waals surface area contributed by atoms with Gasteiger partial charge >= 0.3 is 0 Å². The summed E-state index contributed by atoms with van der Waals surface area (Å²) in [6, 6.07) is 10.4. The molecule has 0 atom stereocenters. The molecule has 2 N–H and O–H groups in total. The van der Waals surface area contributed by atoms with E-state index in [2.05, 4.69) is 0 Å². The van der Waals surface area contributed by atoms with Gasteiger partial charge in [0.1, 0.15) is 10.7 Å². The lowest BCUT2D eigenvalue weighted by Gasteiger charge is -2.09. The molecule has 0 aliphatic heterocycles. The number of hydrogen-bond donors (Lipinski definition) is 2. The van der Waals surface area contributed by atoms with Gasteiger partial charge in [0.2, 0.25) is 0 Å². The SMILES string of the molecule is O=C(NNS(=O)(=O)c1ccccc1Cl)c1ccc(F)cc1. The van der Waals surface area contributed by atoms with E-state index in [1.165, 1.54) is 30.3 Å². The maximum atomic E-state index is 12.7. The molecule has 110 valence electrons. The van der Waals surface area contributed by atoms with Crippen LogP contribution in [0.1, 0.15) is 10.4 Å². The zero-order chi connectivity index (χ0) is 15.5. The first-order chi connectivity index (χ1) is 9.90. The summed E-state index contributed by atoms with van der Waals surface area (Å²) in [5, 5.41) is 0.0287. The van der Waals surface area contributed by atoms with Crippen molar-refractivity contribution in [1.82, 2.24) is 10.3 Å². The molecule has 0 saturated carbocycles. The third-order valence-corrected chi connectivity index (χ3v) is 4.28. The first-order valence-electron chi connectivity index (χ1n) is 5.72. The van der Waals surface area contributed by atoms with Crippen LogP contribution in [0.2, 0.25) is 5.02 Å². The molecule has 0 heterocycles. The molecule has 8 heteroatoms. The van der Waals surface area contributed by atoms with Crippen molar-refractivity contribution < 1.29 is 17.6 Å². The fourth-order valence-corrected chi connectivity index (χ4v) is 2.86.